The molecule has 2 heterocycles. The van der Waals surface area contributed by atoms with Gasteiger partial charge in [-0.2, -0.15) is 0 Å². The number of aliphatic hydroxyl groups is 1. The molecule has 156 valence electrons. The van der Waals surface area contributed by atoms with E-state index in [2.05, 4.69) is 15.3 Å². The van der Waals surface area contributed by atoms with Crippen LogP contribution in [0.4, 0.5) is 4.39 Å². The van der Waals surface area contributed by atoms with Crippen molar-refractivity contribution in [3.8, 4) is 0 Å². The van der Waals surface area contributed by atoms with E-state index in [0.29, 0.717) is 30.8 Å². The highest BCUT2D eigenvalue weighted by Crippen LogP contribution is 2.12. The van der Waals surface area contributed by atoms with E-state index in [-0.39, 0.29) is 5.91 Å². The lowest BCUT2D eigenvalue weighted by molar-refractivity contribution is 0.0785. The van der Waals surface area contributed by atoms with Crippen LogP contribution in [0.3, 0.4) is 0 Å². The zero-order valence-corrected chi connectivity index (χ0v) is 16.8. The Labute approximate surface area is 175 Å². The van der Waals surface area contributed by atoms with Crippen LogP contribution in [0.1, 0.15) is 33.2 Å². The minimum atomic E-state index is -0.816. The average molecular weight is 408 g/mol. The van der Waals surface area contributed by atoms with Gasteiger partial charge < -0.3 is 15.3 Å². The molecule has 6 nitrogen and oxygen atoms in total. The van der Waals surface area contributed by atoms with Gasteiger partial charge in [0.2, 0.25) is 0 Å². The highest BCUT2D eigenvalue weighted by molar-refractivity contribution is 5.94. The molecular weight excluding hydrogens is 383 g/mol. The number of rotatable bonds is 9. The fourth-order valence-electron chi connectivity index (χ4n) is 3.07. The van der Waals surface area contributed by atoms with Crippen molar-refractivity contribution in [3.05, 3.63) is 95.3 Å². The summed E-state index contributed by atoms with van der Waals surface area (Å²) in [5.74, 6) is -0.511. The van der Waals surface area contributed by atoms with Gasteiger partial charge in [0.25, 0.3) is 5.91 Å². The number of aliphatic hydroxyl groups excluding tert-OH is 1. The summed E-state index contributed by atoms with van der Waals surface area (Å²) in [7, 11) is 1.77. The van der Waals surface area contributed by atoms with Crippen LogP contribution in [-0.2, 0) is 13.0 Å². The van der Waals surface area contributed by atoms with Crippen LogP contribution in [0, 0.1) is 5.82 Å². The van der Waals surface area contributed by atoms with Crippen LogP contribution >= 0.6 is 0 Å². The Morgan fingerprint density at radius 2 is 1.93 bits per heavy atom. The molecule has 1 atom stereocenters. The van der Waals surface area contributed by atoms with Crippen LogP contribution in [0.15, 0.2) is 67.3 Å². The molecule has 1 aromatic carbocycles. The molecule has 0 saturated carbocycles. The van der Waals surface area contributed by atoms with Gasteiger partial charge in [-0.1, -0.05) is 18.2 Å². The van der Waals surface area contributed by atoms with Gasteiger partial charge in [0, 0.05) is 49.9 Å². The number of aromatic nitrogens is 2. The highest BCUT2D eigenvalue weighted by Gasteiger charge is 2.12. The number of nitrogens with zero attached hydrogens (tertiary/aromatic N) is 3. The SMILES string of the molecule is CN(Cc1cccnc1)C(=O)c1ccc(CCNC[C@H](O)c2cncc(F)c2)cc1. The zero-order chi connectivity index (χ0) is 21.3. The van der Waals surface area contributed by atoms with Crippen LogP contribution in [0.5, 0.6) is 0 Å². The summed E-state index contributed by atoms with van der Waals surface area (Å²) in [5.41, 5.74) is 3.14. The lowest BCUT2D eigenvalue weighted by Crippen LogP contribution is -2.26. The van der Waals surface area contributed by atoms with Crippen molar-refractivity contribution in [1.82, 2.24) is 20.2 Å². The predicted octanol–water partition coefficient (Wildman–Crippen LogP) is 2.75. The molecule has 0 radical (unpaired) electrons. The van der Waals surface area contributed by atoms with Crippen molar-refractivity contribution >= 4 is 5.91 Å². The van der Waals surface area contributed by atoms with E-state index in [1.165, 1.54) is 12.3 Å². The fourth-order valence-corrected chi connectivity index (χ4v) is 3.07. The molecular formula is C23H25FN4O2. The number of hydrogen-bond acceptors (Lipinski definition) is 5. The van der Waals surface area contributed by atoms with Gasteiger partial charge in [-0.3, -0.25) is 14.8 Å². The number of carbonyl (C=O) groups excluding carboxylic acids is 1. The number of hydrogen-bond donors (Lipinski definition) is 2. The summed E-state index contributed by atoms with van der Waals surface area (Å²) in [6, 6.07) is 12.6. The largest absolute Gasteiger partial charge is 0.387 e. The first-order valence-corrected chi connectivity index (χ1v) is 9.75. The molecule has 0 spiro atoms. The minimum absolute atomic E-state index is 0.0460. The number of benzene rings is 1. The second-order valence-electron chi connectivity index (χ2n) is 7.13. The summed E-state index contributed by atoms with van der Waals surface area (Å²) in [5, 5.41) is 13.2. The molecule has 0 saturated heterocycles. The van der Waals surface area contributed by atoms with E-state index in [0.717, 1.165) is 23.7 Å². The zero-order valence-electron chi connectivity index (χ0n) is 16.8. The summed E-state index contributed by atoms with van der Waals surface area (Å²) < 4.78 is 13.2. The van der Waals surface area contributed by atoms with Crippen molar-refractivity contribution in [3.63, 3.8) is 0 Å². The van der Waals surface area contributed by atoms with Crippen molar-refractivity contribution in [2.45, 2.75) is 19.1 Å². The maximum absolute atomic E-state index is 13.2. The lowest BCUT2D eigenvalue weighted by atomic mass is 10.1. The smallest absolute Gasteiger partial charge is 0.253 e. The quantitative estimate of drug-likeness (QED) is 0.533. The maximum atomic E-state index is 13.2. The van der Waals surface area contributed by atoms with Gasteiger partial charge in [-0.05, 0) is 48.4 Å². The van der Waals surface area contributed by atoms with E-state index < -0.39 is 11.9 Å². The fraction of sp³-hybridized carbons (Fsp3) is 0.261. The standard InChI is InChI=1S/C23H25FN4O2/c1-28(16-18-3-2-9-25-12-18)23(30)19-6-4-17(5-7-19)8-10-26-15-22(29)20-11-21(24)14-27-13-20/h2-7,9,11-14,22,26,29H,8,10,15-16H2,1H3/t22-/m0/s1. The number of halogens is 1. The van der Waals surface area contributed by atoms with Gasteiger partial charge in [-0.15, -0.1) is 0 Å². The molecule has 1 amide bonds. The second-order valence-corrected chi connectivity index (χ2v) is 7.13. The molecule has 30 heavy (non-hydrogen) atoms. The van der Waals surface area contributed by atoms with Crippen LogP contribution in [-0.4, -0.2) is 46.0 Å². The van der Waals surface area contributed by atoms with Gasteiger partial charge in [0.15, 0.2) is 0 Å². The van der Waals surface area contributed by atoms with Gasteiger partial charge in [0.1, 0.15) is 5.82 Å². The summed E-state index contributed by atoms with van der Waals surface area (Å²) >= 11 is 0. The lowest BCUT2D eigenvalue weighted by Gasteiger charge is -2.17. The first-order valence-electron chi connectivity index (χ1n) is 9.75. The average Bonchev–Trinajstić information content (AvgIpc) is 2.77. The Balaban J connectivity index is 1.44. The molecule has 0 bridgehead atoms. The molecule has 3 aromatic rings. The molecule has 3 rings (SSSR count). The molecule has 0 fully saturated rings. The Morgan fingerprint density at radius 3 is 2.63 bits per heavy atom. The number of carbonyl (C=O) groups is 1. The van der Waals surface area contributed by atoms with E-state index in [9.17, 15) is 14.3 Å². The number of nitrogens with one attached hydrogen (secondary N) is 1. The maximum Gasteiger partial charge on any atom is 0.253 e. The molecule has 0 unspecified atom stereocenters. The molecule has 2 N–H and O–H groups in total. The van der Waals surface area contributed by atoms with Gasteiger partial charge >= 0.3 is 0 Å². The third-order valence-corrected chi connectivity index (χ3v) is 4.73. The van der Waals surface area contributed by atoms with Crippen LogP contribution in [0.2, 0.25) is 0 Å². The Bertz CT molecular complexity index is 951. The van der Waals surface area contributed by atoms with Crippen molar-refractivity contribution in [2.24, 2.45) is 0 Å². The van der Waals surface area contributed by atoms with Gasteiger partial charge in [-0.25, -0.2) is 4.39 Å². The molecule has 0 aliphatic carbocycles. The third kappa shape index (κ3) is 6.17. The van der Waals surface area contributed by atoms with E-state index >= 15 is 0 Å². The van der Waals surface area contributed by atoms with Crippen molar-refractivity contribution in [2.75, 3.05) is 20.1 Å². The molecule has 0 aliphatic heterocycles. The monoisotopic (exact) mass is 408 g/mol. The van der Waals surface area contributed by atoms with Crippen molar-refractivity contribution in [1.29, 1.82) is 0 Å². The van der Waals surface area contributed by atoms with E-state index in [1.807, 2.05) is 36.4 Å². The second kappa shape index (κ2) is 10.6. The summed E-state index contributed by atoms with van der Waals surface area (Å²) in [6.07, 6.45) is 5.95. The number of amides is 1. The first kappa shape index (κ1) is 21.5. The van der Waals surface area contributed by atoms with E-state index in [1.54, 1.807) is 24.3 Å². The summed E-state index contributed by atoms with van der Waals surface area (Å²) in [6.45, 7) is 1.45. The molecule has 2 aromatic heterocycles. The van der Waals surface area contributed by atoms with E-state index in [4.69, 9.17) is 0 Å². The Morgan fingerprint density at radius 1 is 1.13 bits per heavy atom. The first-order chi connectivity index (χ1) is 14.5. The predicted molar refractivity (Wildman–Crippen MR) is 112 cm³/mol. The molecule has 0 aliphatic rings. The topological polar surface area (TPSA) is 78.4 Å². The normalized spacial score (nSPS) is 11.8. The minimum Gasteiger partial charge on any atom is -0.387 e. The Kier molecular flexibility index (Phi) is 7.59. The summed E-state index contributed by atoms with van der Waals surface area (Å²) in [4.78, 5) is 22.1. The van der Waals surface area contributed by atoms with Gasteiger partial charge in [0.05, 0.1) is 12.3 Å². The highest BCUT2D eigenvalue weighted by atomic mass is 19.1. The number of pyridine rings is 2. The Hall–Kier alpha value is -3.16. The molecule has 7 heteroatoms. The van der Waals surface area contributed by atoms with Crippen LogP contribution in [0.25, 0.3) is 0 Å². The van der Waals surface area contributed by atoms with Crippen LogP contribution < -0.4 is 5.32 Å². The van der Waals surface area contributed by atoms with Crippen molar-refractivity contribution < 1.29 is 14.3 Å². The third-order valence-electron chi connectivity index (χ3n) is 4.73.